The van der Waals surface area contributed by atoms with E-state index in [1.54, 1.807) is 0 Å². The number of nitriles is 1. The minimum absolute atomic E-state index is 0.106. The summed E-state index contributed by atoms with van der Waals surface area (Å²) in [5, 5.41) is 8.46. The van der Waals surface area contributed by atoms with Crippen LogP contribution in [0.2, 0.25) is 0 Å². The van der Waals surface area contributed by atoms with Crippen molar-refractivity contribution in [3.8, 4) is 6.07 Å². The predicted octanol–water partition coefficient (Wildman–Crippen LogP) is 4.44. The second-order valence-electron chi connectivity index (χ2n) is 3.22. The van der Waals surface area contributed by atoms with Gasteiger partial charge in [-0.15, -0.1) is 0 Å². The molecular weight excluding hydrogens is 344 g/mol. The number of hydrogen-bond donors (Lipinski definition) is 0. The average molecular weight is 353 g/mol. The van der Waals surface area contributed by atoms with Crippen molar-refractivity contribution in [3.63, 3.8) is 0 Å². The molecule has 0 saturated heterocycles. The summed E-state index contributed by atoms with van der Waals surface area (Å²) >= 11 is 1.21. The minimum Gasteiger partial charge on any atom is -0.192 e. The van der Waals surface area contributed by atoms with E-state index in [9.17, 15) is 22.0 Å². The van der Waals surface area contributed by atoms with Gasteiger partial charge in [0.25, 0.3) is 0 Å². The van der Waals surface area contributed by atoms with Gasteiger partial charge in [0.15, 0.2) is 0 Å². The van der Waals surface area contributed by atoms with Crippen molar-refractivity contribution in [2.75, 3.05) is 0 Å². The first-order chi connectivity index (χ1) is 7.09. The Bertz CT molecular complexity index is 326. The molecule has 0 rings (SSSR count). The van der Waals surface area contributed by atoms with Gasteiger partial charge >= 0.3 is 12.1 Å². The molecule has 0 spiro atoms. The summed E-state index contributed by atoms with van der Waals surface area (Å²) in [4.78, 5) is 0. The van der Waals surface area contributed by atoms with Crippen LogP contribution in [0.25, 0.3) is 0 Å². The molecule has 0 aliphatic rings. The summed E-state index contributed by atoms with van der Waals surface area (Å²) in [6.07, 6.45) is -5.56. The molecule has 92 valence electrons. The number of halogens is 6. The molecule has 1 nitrogen and oxygen atoms in total. The highest BCUT2D eigenvalue weighted by Gasteiger charge is 2.61. The van der Waals surface area contributed by atoms with Crippen LogP contribution in [0.15, 0.2) is 9.15 Å². The second-order valence-corrected chi connectivity index (χ2v) is 4.30. The van der Waals surface area contributed by atoms with Gasteiger partial charge in [-0.1, -0.05) is 13.8 Å². The maximum absolute atomic E-state index is 13.1. The fourth-order valence-electron chi connectivity index (χ4n) is 1.08. The van der Waals surface area contributed by atoms with Crippen LogP contribution in [-0.2, 0) is 0 Å². The topological polar surface area (TPSA) is 23.8 Å². The zero-order valence-electron chi connectivity index (χ0n) is 8.50. The molecule has 1 atom stereocenters. The largest absolute Gasteiger partial charge is 0.457 e. The molecule has 0 aromatic carbocycles. The van der Waals surface area contributed by atoms with E-state index in [-0.39, 0.29) is 6.42 Å². The van der Waals surface area contributed by atoms with Crippen LogP contribution >= 0.6 is 22.6 Å². The lowest BCUT2D eigenvalue weighted by molar-refractivity contribution is -0.266. The number of nitrogens with zero attached hydrogens (tertiary/aromatic N) is 1. The zero-order chi connectivity index (χ0) is 13.1. The summed E-state index contributed by atoms with van der Waals surface area (Å²) < 4.78 is 62.2. The van der Waals surface area contributed by atoms with Crippen LogP contribution in [0.4, 0.5) is 22.0 Å². The molecule has 0 aromatic rings. The van der Waals surface area contributed by atoms with Gasteiger partial charge in [0.1, 0.15) is 6.07 Å². The van der Waals surface area contributed by atoms with Gasteiger partial charge in [-0.05, 0) is 34.9 Å². The summed E-state index contributed by atoms with van der Waals surface area (Å²) in [6.45, 7) is 2.73. The fourth-order valence-corrected chi connectivity index (χ4v) is 1.95. The third kappa shape index (κ3) is 3.06. The number of hydrogen-bond acceptors (Lipinski definition) is 1. The maximum atomic E-state index is 13.1. The van der Waals surface area contributed by atoms with Crippen molar-refractivity contribution >= 4 is 22.6 Å². The first-order valence-electron chi connectivity index (χ1n) is 4.34. The number of alkyl halides is 5. The van der Waals surface area contributed by atoms with Crippen molar-refractivity contribution in [1.82, 2.24) is 0 Å². The van der Waals surface area contributed by atoms with E-state index in [0.29, 0.717) is 0 Å². The van der Waals surface area contributed by atoms with Crippen molar-refractivity contribution in [3.05, 3.63) is 9.15 Å². The molecular formula is C9H9F5IN. The number of allylic oxidation sites excluding steroid dienone is 2. The smallest absolute Gasteiger partial charge is 0.192 e. The first kappa shape index (κ1) is 15.6. The molecule has 16 heavy (non-hydrogen) atoms. The summed E-state index contributed by atoms with van der Waals surface area (Å²) in [7, 11) is 0. The molecule has 0 heterocycles. The van der Waals surface area contributed by atoms with E-state index in [4.69, 9.17) is 5.26 Å². The van der Waals surface area contributed by atoms with Crippen molar-refractivity contribution in [2.24, 2.45) is 5.92 Å². The van der Waals surface area contributed by atoms with Gasteiger partial charge in [0, 0.05) is 5.57 Å². The van der Waals surface area contributed by atoms with Crippen LogP contribution in [-0.4, -0.2) is 12.1 Å². The second kappa shape index (κ2) is 5.29. The fraction of sp³-hybridized carbons (Fsp3) is 0.667. The zero-order valence-corrected chi connectivity index (χ0v) is 10.7. The van der Waals surface area contributed by atoms with Crippen molar-refractivity contribution in [1.29, 1.82) is 5.26 Å². The van der Waals surface area contributed by atoms with Gasteiger partial charge < -0.3 is 0 Å². The van der Waals surface area contributed by atoms with Crippen LogP contribution < -0.4 is 0 Å². The summed E-state index contributed by atoms with van der Waals surface area (Å²) in [6, 6.07) is 1.34. The highest BCUT2D eigenvalue weighted by Crippen LogP contribution is 2.46. The molecule has 0 N–H and O–H groups in total. The van der Waals surface area contributed by atoms with Crippen LogP contribution in [0.5, 0.6) is 0 Å². The molecule has 0 bridgehead atoms. The van der Waals surface area contributed by atoms with E-state index < -0.39 is 27.2 Å². The van der Waals surface area contributed by atoms with E-state index in [1.165, 1.54) is 42.5 Å². The lowest BCUT2D eigenvalue weighted by atomic mass is 9.92. The Morgan fingerprint density at radius 3 is 2.00 bits per heavy atom. The van der Waals surface area contributed by atoms with E-state index in [1.807, 2.05) is 0 Å². The van der Waals surface area contributed by atoms with E-state index >= 15 is 0 Å². The molecule has 0 aromatic heterocycles. The lowest BCUT2D eigenvalue weighted by Gasteiger charge is -2.26. The summed E-state index contributed by atoms with van der Waals surface area (Å²) in [5.74, 6) is -5.95. The normalized spacial score (nSPS) is 16.4. The van der Waals surface area contributed by atoms with Gasteiger partial charge in [0.2, 0.25) is 0 Å². The highest BCUT2D eigenvalue weighted by molar-refractivity contribution is 14.1. The Morgan fingerprint density at radius 2 is 1.75 bits per heavy atom. The Kier molecular flexibility index (Phi) is 5.16. The molecule has 0 aliphatic carbocycles. The molecule has 7 heteroatoms. The Morgan fingerprint density at radius 1 is 1.31 bits per heavy atom. The Hall–Kier alpha value is -0.390. The van der Waals surface area contributed by atoms with E-state index in [2.05, 4.69) is 0 Å². The Labute approximate surface area is 103 Å². The lowest BCUT2D eigenvalue weighted by Crippen LogP contribution is -2.40. The van der Waals surface area contributed by atoms with Gasteiger partial charge in [-0.25, -0.2) is 0 Å². The molecule has 0 aliphatic heterocycles. The quantitative estimate of drug-likeness (QED) is 0.418. The van der Waals surface area contributed by atoms with Crippen LogP contribution in [0.3, 0.4) is 0 Å². The maximum Gasteiger partial charge on any atom is 0.457 e. The summed E-state index contributed by atoms with van der Waals surface area (Å²) in [5.41, 5.74) is -1.15. The molecule has 1 unspecified atom stereocenters. The van der Waals surface area contributed by atoms with E-state index in [0.717, 1.165) is 0 Å². The SMILES string of the molecule is CCC(C)/C(=C(/I)C#N)C(F)(F)C(F)(F)F. The molecule has 0 fully saturated rings. The van der Waals surface area contributed by atoms with Crippen LogP contribution in [0, 0.1) is 17.2 Å². The van der Waals surface area contributed by atoms with Gasteiger partial charge in [0.05, 0.1) is 3.58 Å². The standard InChI is InChI=1S/C9H9F5IN/c1-3-5(2)7(6(15)4-16)8(10,11)9(12,13)14/h5H,3H2,1-2H3/b7-6-. The molecule has 0 amide bonds. The average Bonchev–Trinajstić information content (AvgIpc) is 2.15. The molecule has 0 saturated carbocycles. The van der Waals surface area contributed by atoms with Crippen molar-refractivity contribution < 1.29 is 22.0 Å². The minimum atomic E-state index is -5.67. The third-order valence-electron chi connectivity index (χ3n) is 2.13. The number of rotatable bonds is 3. The van der Waals surface area contributed by atoms with Gasteiger partial charge in [-0.2, -0.15) is 27.2 Å². The highest BCUT2D eigenvalue weighted by atomic mass is 127. The predicted molar refractivity (Wildman–Crippen MR) is 57.1 cm³/mol. The monoisotopic (exact) mass is 353 g/mol. The third-order valence-corrected chi connectivity index (χ3v) is 2.96. The first-order valence-corrected chi connectivity index (χ1v) is 5.42. The van der Waals surface area contributed by atoms with Crippen LogP contribution in [0.1, 0.15) is 20.3 Å². The van der Waals surface area contributed by atoms with Crippen molar-refractivity contribution in [2.45, 2.75) is 32.4 Å². The Balaban J connectivity index is 5.67. The molecule has 0 radical (unpaired) electrons. The van der Waals surface area contributed by atoms with Gasteiger partial charge in [-0.3, -0.25) is 0 Å².